The van der Waals surface area contributed by atoms with Crippen molar-refractivity contribution in [3.63, 3.8) is 0 Å². The van der Waals surface area contributed by atoms with Gasteiger partial charge in [0.05, 0.1) is 20.2 Å². The fourth-order valence-electron chi connectivity index (χ4n) is 1.79. The van der Waals surface area contributed by atoms with Crippen LogP contribution < -0.4 is 5.32 Å². The number of amides is 1. The maximum atomic E-state index is 12.1. The summed E-state index contributed by atoms with van der Waals surface area (Å²) in [6, 6.07) is 5.32. The van der Waals surface area contributed by atoms with E-state index in [1.807, 2.05) is 20.8 Å². The molecule has 1 aromatic rings. The molecule has 1 rings (SSSR count). The van der Waals surface area contributed by atoms with E-state index in [0.717, 1.165) is 5.56 Å². The van der Waals surface area contributed by atoms with Gasteiger partial charge in [-0.15, -0.1) is 0 Å². The third-order valence-corrected chi connectivity index (χ3v) is 3.33. The van der Waals surface area contributed by atoms with E-state index < -0.39 is 0 Å². The first-order chi connectivity index (χ1) is 9.83. The molecule has 0 aliphatic rings. The molecule has 0 fully saturated rings. The Bertz CT molecular complexity index is 518. The maximum Gasteiger partial charge on any atom is 0.319 e. The number of carbonyl (C=O) groups excluding carboxylic acids is 2. The molecule has 0 saturated carbocycles. The van der Waals surface area contributed by atoms with E-state index in [9.17, 15) is 9.59 Å². The fraction of sp³-hybridized carbons (Fsp3) is 0.467. The number of hydrogen-bond donors (Lipinski definition) is 1. The molecule has 0 aromatic heterocycles. The molecule has 0 aliphatic heterocycles. The molecule has 6 heteroatoms. The largest absolute Gasteiger partial charge is 0.468 e. The van der Waals surface area contributed by atoms with Crippen LogP contribution in [-0.2, 0) is 14.3 Å². The number of carbonyl (C=O) groups is 2. The Morgan fingerprint density at radius 3 is 2.52 bits per heavy atom. The van der Waals surface area contributed by atoms with Crippen molar-refractivity contribution >= 4 is 29.2 Å². The minimum Gasteiger partial charge on any atom is -0.468 e. The molecule has 21 heavy (non-hydrogen) atoms. The summed E-state index contributed by atoms with van der Waals surface area (Å²) in [4.78, 5) is 25.2. The summed E-state index contributed by atoms with van der Waals surface area (Å²) in [5.74, 6) is -0.544. The Labute approximate surface area is 130 Å². The summed E-state index contributed by atoms with van der Waals surface area (Å²) in [7, 11) is 1.33. The van der Waals surface area contributed by atoms with Crippen LogP contribution in [0.4, 0.5) is 5.69 Å². The standard InChI is InChI=1S/C15H21ClN2O3/c1-10(2)18(9-15(20)21-4)8-14(19)17-13-6-5-12(16)7-11(13)3/h5-7,10H,8-9H2,1-4H3,(H,17,19). The average molecular weight is 313 g/mol. The van der Waals surface area contributed by atoms with E-state index in [1.54, 1.807) is 23.1 Å². The minimum absolute atomic E-state index is 0.0566. The molecule has 1 amide bonds. The van der Waals surface area contributed by atoms with Crippen LogP contribution in [0.3, 0.4) is 0 Å². The van der Waals surface area contributed by atoms with E-state index in [-0.39, 0.29) is 31.0 Å². The second-order valence-electron chi connectivity index (χ2n) is 5.08. The molecule has 0 spiro atoms. The quantitative estimate of drug-likeness (QED) is 0.820. The maximum absolute atomic E-state index is 12.1. The molecule has 116 valence electrons. The van der Waals surface area contributed by atoms with Crippen molar-refractivity contribution < 1.29 is 14.3 Å². The molecule has 0 aliphatic carbocycles. The highest BCUT2D eigenvalue weighted by Gasteiger charge is 2.18. The van der Waals surface area contributed by atoms with Gasteiger partial charge in [0.25, 0.3) is 0 Å². The lowest BCUT2D eigenvalue weighted by Gasteiger charge is -2.24. The first-order valence-corrected chi connectivity index (χ1v) is 7.08. The Hall–Kier alpha value is -1.59. The highest BCUT2D eigenvalue weighted by molar-refractivity contribution is 6.30. The molecule has 1 N–H and O–H groups in total. The Kier molecular flexibility index (Phi) is 6.65. The number of esters is 1. The van der Waals surface area contributed by atoms with E-state index in [1.165, 1.54) is 7.11 Å². The number of aryl methyl sites for hydroxylation is 1. The van der Waals surface area contributed by atoms with Crippen molar-refractivity contribution in [3.8, 4) is 0 Å². The molecule has 0 heterocycles. The van der Waals surface area contributed by atoms with Crippen LogP contribution in [0.15, 0.2) is 18.2 Å². The summed E-state index contributed by atoms with van der Waals surface area (Å²) < 4.78 is 4.64. The van der Waals surface area contributed by atoms with Gasteiger partial charge in [0.1, 0.15) is 0 Å². The van der Waals surface area contributed by atoms with Gasteiger partial charge in [-0.25, -0.2) is 0 Å². The van der Waals surface area contributed by atoms with Crippen LogP contribution >= 0.6 is 11.6 Å². The molecular formula is C15H21ClN2O3. The van der Waals surface area contributed by atoms with E-state index in [4.69, 9.17) is 11.6 Å². The van der Waals surface area contributed by atoms with Crippen molar-refractivity contribution in [1.82, 2.24) is 4.90 Å². The van der Waals surface area contributed by atoms with Crippen molar-refractivity contribution in [2.75, 3.05) is 25.5 Å². The zero-order valence-electron chi connectivity index (χ0n) is 12.8. The van der Waals surface area contributed by atoms with E-state index >= 15 is 0 Å². The van der Waals surface area contributed by atoms with Gasteiger partial charge in [-0.1, -0.05) is 11.6 Å². The monoisotopic (exact) mass is 312 g/mol. The van der Waals surface area contributed by atoms with Crippen LogP contribution in [-0.4, -0.2) is 43.0 Å². The van der Waals surface area contributed by atoms with Gasteiger partial charge >= 0.3 is 5.97 Å². The van der Waals surface area contributed by atoms with Crippen LogP contribution in [0.2, 0.25) is 5.02 Å². The van der Waals surface area contributed by atoms with Gasteiger partial charge in [-0.05, 0) is 44.5 Å². The fourth-order valence-corrected chi connectivity index (χ4v) is 2.02. The van der Waals surface area contributed by atoms with Crippen LogP contribution in [0.25, 0.3) is 0 Å². The van der Waals surface area contributed by atoms with Gasteiger partial charge in [0.15, 0.2) is 0 Å². The average Bonchev–Trinajstić information content (AvgIpc) is 2.40. The van der Waals surface area contributed by atoms with Crippen LogP contribution in [0.1, 0.15) is 19.4 Å². The summed E-state index contributed by atoms with van der Waals surface area (Å²) in [6.45, 7) is 5.92. The second kappa shape index (κ2) is 8.00. The minimum atomic E-state index is -0.362. The summed E-state index contributed by atoms with van der Waals surface area (Å²) in [5, 5.41) is 3.45. The van der Waals surface area contributed by atoms with Crippen molar-refractivity contribution in [1.29, 1.82) is 0 Å². The SMILES string of the molecule is COC(=O)CN(CC(=O)Nc1ccc(Cl)cc1C)C(C)C. The second-order valence-corrected chi connectivity index (χ2v) is 5.52. The zero-order valence-corrected chi connectivity index (χ0v) is 13.5. The molecule has 1 aromatic carbocycles. The molecule has 5 nitrogen and oxygen atoms in total. The molecule has 0 radical (unpaired) electrons. The predicted octanol–water partition coefficient (Wildman–Crippen LogP) is 2.47. The van der Waals surface area contributed by atoms with E-state index in [0.29, 0.717) is 10.7 Å². The highest BCUT2D eigenvalue weighted by Crippen LogP contribution is 2.19. The topological polar surface area (TPSA) is 58.6 Å². The summed E-state index contributed by atoms with van der Waals surface area (Å²) in [5.41, 5.74) is 1.60. The van der Waals surface area contributed by atoms with Crippen molar-refractivity contribution in [3.05, 3.63) is 28.8 Å². The molecule has 0 atom stereocenters. The number of hydrogen-bond acceptors (Lipinski definition) is 4. The van der Waals surface area contributed by atoms with Crippen molar-refractivity contribution in [2.24, 2.45) is 0 Å². The number of ether oxygens (including phenoxy) is 1. The lowest BCUT2D eigenvalue weighted by atomic mass is 10.2. The zero-order chi connectivity index (χ0) is 16.0. The Balaban J connectivity index is 2.67. The number of nitrogens with one attached hydrogen (secondary N) is 1. The Morgan fingerprint density at radius 1 is 1.33 bits per heavy atom. The lowest BCUT2D eigenvalue weighted by Crippen LogP contribution is -2.41. The molecule has 0 bridgehead atoms. The van der Waals surface area contributed by atoms with Gasteiger partial charge in [0.2, 0.25) is 5.91 Å². The van der Waals surface area contributed by atoms with Crippen LogP contribution in [0, 0.1) is 6.92 Å². The number of nitrogens with zero attached hydrogens (tertiary/aromatic N) is 1. The predicted molar refractivity (Wildman–Crippen MR) is 83.5 cm³/mol. The molecule has 0 unspecified atom stereocenters. The summed E-state index contributed by atoms with van der Waals surface area (Å²) >= 11 is 5.88. The number of anilines is 1. The first-order valence-electron chi connectivity index (χ1n) is 6.70. The number of methoxy groups -OCH3 is 1. The van der Waals surface area contributed by atoms with Gasteiger partial charge < -0.3 is 10.1 Å². The summed E-state index contributed by atoms with van der Waals surface area (Å²) in [6.07, 6.45) is 0. The van der Waals surface area contributed by atoms with Gasteiger partial charge in [-0.3, -0.25) is 14.5 Å². The van der Waals surface area contributed by atoms with Crippen LogP contribution in [0.5, 0.6) is 0 Å². The first kappa shape index (κ1) is 17.5. The van der Waals surface area contributed by atoms with Gasteiger partial charge in [0, 0.05) is 16.8 Å². The number of benzene rings is 1. The molecular weight excluding hydrogens is 292 g/mol. The highest BCUT2D eigenvalue weighted by atomic mass is 35.5. The number of rotatable bonds is 6. The smallest absolute Gasteiger partial charge is 0.319 e. The lowest BCUT2D eigenvalue weighted by molar-refractivity contribution is -0.142. The third kappa shape index (κ3) is 5.73. The number of halogens is 1. The third-order valence-electron chi connectivity index (χ3n) is 3.10. The van der Waals surface area contributed by atoms with E-state index in [2.05, 4.69) is 10.1 Å². The molecule has 0 saturated heterocycles. The van der Waals surface area contributed by atoms with Gasteiger partial charge in [-0.2, -0.15) is 0 Å². The Morgan fingerprint density at radius 2 is 2.00 bits per heavy atom. The normalized spacial score (nSPS) is 10.8. The van der Waals surface area contributed by atoms with Crippen molar-refractivity contribution in [2.45, 2.75) is 26.8 Å².